The molecule has 1 aliphatic rings. The summed E-state index contributed by atoms with van der Waals surface area (Å²) in [4.78, 5) is 18.4. The van der Waals surface area contributed by atoms with Crippen molar-refractivity contribution in [3.05, 3.63) is 47.1 Å². The third-order valence-corrected chi connectivity index (χ3v) is 3.70. The largest absolute Gasteiger partial charge is 0.480 e. The Morgan fingerprint density at radius 2 is 2.18 bits per heavy atom. The number of rotatable bonds is 3. The molecule has 0 aliphatic carbocycles. The van der Waals surface area contributed by atoms with Gasteiger partial charge in [0.2, 0.25) is 0 Å². The van der Waals surface area contributed by atoms with E-state index in [2.05, 4.69) is 10.3 Å². The van der Waals surface area contributed by atoms with Crippen molar-refractivity contribution >= 4 is 29.0 Å². The summed E-state index contributed by atoms with van der Waals surface area (Å²) in [5.74, 6) is 1.36. The van der Waals surface area contributed by atoms with Crippen LogP contribution < -0.4 is 15.0 Å². The van der Waals surface area contributed by atoms with Gasteiger partial charge in [-0.15, -0.1) is 0 Å². The molecule has 1 aromatic heterocycles. The lowest BCUT2D eigenvalue weighted by molar-refractivity contribution is -0.122. The van der Waals surface area contributed by atoms with Crippen LogP contribution in [0.3, 0.4) is 0 Å². The second-order valence-electron chi connectivity index (χ2n) is 5.35. The van der Waals surface area contributed by atoms with Crippen LogP contribution in [0.15, 0.2) is 36.5 Å². The first kappa shape index (κ1) is 14.7. The van der Waals surface area contributed by atoms with Crippen LogP contribution in [0, 0.1) is 0 Å². The van der Waals surface area contributed by atoms with Crippen LogP contribution in [-0.4, -0.2) is 31.1 Å². The smallest absolute Gasteiger partial charge is 0.265 e. The highest BCUT2D eigenvalue weighted by Crippen LogP contribution is 2.31. The zero-order valence-electron chi connectivity index (χ0n) is 12.3. The number of nitrogens with one attached hydrogen (secondary N) is 1. The van der Waals surface area contributed by atoms with Gasteiger partial charge >= 0.3 is 0 Å². The molecule has 1 aliphatic heterocycles. The van der Waals surface area contributed by atoms with Crippen molar-refractivity contribution in [3.63, 3.8) is 0 Å². The van der Waals surface area contributed by atoms with Gasteiger partial charge < -0.3 is 15.0 Å². The fourth-order valence-corrected chi connectivity index (χ4v) is 2.51. The molecular formula is C16H16ClN3O2. The highest BCUT2D eigenvalue weighted by atomic mass is 35.5. The van der Waals surface area contributed by atoms with Crippen molar-refractivity contribution in [2.45, 2.75) is 12.5 Å². The predicted octanol–water partition coefficient (Wildman–Crippen LogP) is 2.74. The Bertz CT molecular complexity index is 701. The number of carbonyl (C=O) groups excluding carboxylic acids is 1. The lowest BCUT2D eigenvalue weighted by Crippen LogP contribution is -2.31. The molecule has 5 nitrogen and oxygen atoms in total. The summed E-state index contributed by atoms with van der Waals surface area (Å²) in [6.07, 6.45) is 1.61. The van der Waals surface area contributed by atoms with E-state index in [1.54, 1.807) is 18.3 Å². The SMILES string of the molecule is CN(C)c1ccc(NC(=O)C2Cc3cc(Cl)ccc3O2)cn1. The van der Waals surface area contributed by atoms with E-state index in [0.29, 0.717) is 22.9 Å². The number of ether oxygens (including phenoxy) is 1. The fourth-order valence-electron chi connectivity index (χ4n) is 2.31. The van der Waals surface area contributed by atoms with E-state index in [1.807, 2.05) is 37.2 Å². The Morgan fingerprint density at radius 1 is 1.36 bits per heavy atom. The van der Waals surface area contributed by atoms with Gasteiger partial charge in [0.25, 0.3) is 5.91 Å². The molecule has 0 saturated carbocycles. The molecule has 0 radical (unpaired) electrons. The van der Waals surface area contributed by atoms with Crippen LogP contribution in [0.5, 0.6) is 5.75 Å². The molecule has 1 N–H and O–H groups in total. The molecule has 1 amide bonds. The Labute approximate surface area is 133 Å². The van der Waals surface area contributed by atoms with Crippen LogP contribution in [0.2, 0.25) is 5.02 Å². The Hall–Kier alpha value is -2.27. The zero-order valence-corrected chi connectivity index (χ0v) is 13.1. The molecule has 1 aromatic carbocycles. The maximum Gasteiger partial charge on any atom is 0.265 e. The van der Waals surface area contributed by atoms with Gasteiger partial charge in [-0.25, -0.2) is 4.98 Å². The Morgan fingerprint density at radius 3 is 2.86 bits per heavy atom. The van der Waals surface area contributed by atoms with Crippen molar-refractivity contribution < 1.29 is 9.53 Å². The molecular weight excluding hydrogens is 302 g/mol. The number of halogens is 1. The van der Waals surface area contributed by atoms with E-state index in [-0.39, 0.29) is 5.91 Å². The summed E-state index contributed by atoms with van der Waals surface area (Å²) in [5.41, 5.74) is 1.60. The molecule has 1 unspecified atom stereocenters. The maximum atomic E-state index is 12.3. The Kier molecular flexibility index (Phi) is 3.90. The first-order chi connectivity index (χ1) is 10.5. The average molecular weight is 318 g/mol. The number of benzene rings is 1. The molecule has 0 bridgehead atoms. The van der Waals surface area contributed by atoms with Gasteiger partial charge in [0.15, 0.2) is 6.10 Å². The van der Waals surface area contributed by atoms with Crippen LogP contribution in [0.25, 0.3) is 0 Å². The number of anilines is 2. The first-order valence-electron chi connectivity index (χ1n) is 6.92. The van der Waals surface area contributed by atoms with E-state index in [1.165, 1.54) is 0 Å². The number of aromatic nitrogens is 1. The van der Waals surface area contributed by atoms with Crippen molar-refractivity contribution in [1.29, 1.82) is 0 Å². The van der Waals surface area contributed by atoms with Gasteiger partial charge in [0.1, 0.15) is 11.6 Å². The predicted molar refractivity (Wildman–Crippen MR) is 86.8 cm³/mol. The second kappa shape index (κ2) is 5.85. The molecule has 1 atom stereocenters. The molecule has 6 heteroatoms. The fraction of sp³-hybridized carbons (Fsp3) is 0.250. The molecule has 22 heavy (non-hydrogen) atoms. The second-order valence-corrected chi connectivity index (χ2v) is 5.79. The monoisotopic (exact) mass is 317 g/mol. The molecule has 0 fully saturated rings. The summed E-state index contributed by atoms with van der Waals surface area (Å²) in [5, 5.41) is 3.47. The van der Waals surface area contributed by atoms with Crippen molar-refractivity contribution in [2.24, 2.45) is 0 Å². The van der Waals surface area contributed by atoms with Gasteiger partial charge in [-0.05, 0) is 35.9 Å². The number of carbonyl (C=O) groups is 1. The highest BCUT2D eigenvalue weighted by molar-refractivity contribution is 6.30. The van der Waals surface area contributed by atoms with E-state index in [4.69, 9.17) is 16.3 Å². The summed E-state index contributed by atoms with van der Waals surface area (Å²) in [6, 6.07) is 9.04. The van der Waals surface area contributed by atoms with Crippen molar-refractivity contribution in [2.75, 3.05) is 24.3 Å². The number of hydrogen-bond acceptors (Lipinski definition) is 4. The van der Waals surface area contributed by atoms with Gasteiger partial charge in [-0.1, -0.05) is 11.6 Å². The van der Waals surface area contributed by atoms with Gasteiger partial charge in [0, 0.05) is 25.5 Å². The van der Waals surface area contributed by atoms with E-state index in [9.17, 15) is 4.79 Å². The van der Waals surface area contributed by atoms with E-state index in [0.717, 1.165) is 11.4 Å². The standard InChI is InChI=1S/C16H16ClN3O2/c1-20(2)15-6-4-12(9-18-15)19-16(21)14-8-10-7-11(17)3-5-13(10)22-14/h3-7,9,14H,8H2,1-2H3,(H,19,21). The van der Waals surface area contributed by atoms with Gasteiger partial charge in [-0.2, -0.15) is 0 Å². The molecule has 114 valence electrons. The number of fused-ring (bicyclic) bond motifs is 1. The van der Waals surface area contributed by atoms with Crippen LogP contribution >= 0.6 is 11.6 Å². The normalized spacial score (nSPS) is 15.9. The molecule has 3 rings (SSSR count). The van der Waals surface area contributed by atoms with Crippen LogP contribution in [-0.2, 0) is 11.2 Å². The van der Waals surface area contributed by atoms with Crippen molar-refractivity contribution in [3.8, 4) is 5.75 Å². The highest BCUT2D eigenvalue weighted by Gasteiger charge is 2.29. The summed E-state index contributed by atoms with van der Waals surface area (Å²) in [6.45, 7) is 0. The van der Waals surface area contributed by atoms with E-state index < -0.39 is 6.10 Å². The quantitative estimate of drug-likeness (QED) is 0.945. The molecule has 0 spiro atoms. The Balaban J connectivity index is 1.66. The third-order valence-electron chi connectivity index (χ3n) is 3.46. The first-order valence-corrected chi connectivity index (χ1v) is 7.30. The number of hydrogen-bond donors (Lipinski definition) is 1. The average Bonchev–Trinajstić information content (AvgIpc) is 2.91. The molecule has 0 saturated heterocycles. The molecule has 2 aromatic rings. The zero-order chi connectivity index (χ0) is 15.7. The van der Waals surface area contributed by atoms with Gasteiger partial charge in [0.05, 0.1) is 11.9 Å². The van der Waals surface area contributed by atoms with E-state index >= 15 is 0 Å². The van der Waals surface area contributed by atoms with Crippen molar-refractivity contribution in [1.82, 2.24) is 4.98 Å². The van der Waals surface area contributed by atoms with Crippen LogP contribution in [0.1, 0.15) is 5.56 Å². The summed E-state index contributed by atoms with van der Waals surface area (Å²) < 4.78 is 5.66. The topological polar surface area (TPSA) is 54.5 Å². The lowest BCUT2D eigenvalue weighted by Gasteiger charge is -2.13. The summed E-state index contributed by atoms with van der Waals surface area (Å²) >= 11 is 5.95. The maximum absolute atomic E-state index is 12.3. The summed E-state index contributed by atoms with van der Waals surface area (Å²) in [7, 11) is 3.82. The number of pyridine rings is 1. The number of amides is 1. The van der Waals surface area contributed by atoms with Gasteiger partial charge in [-0.3, -0.25) is 4.79 Å². The minimum Gasteiger partial charge on any atom is -0.480 e. The van der Waals surface area contributed by atoms with Crippen LogP contribution in [0.4, 0.5) is 11.5 Å². The minimum atomic E-state index is -0.540. The lowest BCUT2D eigenvalue weighted by atomic mass is 10.1. The minimum absolute atomic E-state index is 0.188. The molecule has 2 heterocycles. The number of nitrogens with zero attached hydrogens (tertiary/aromatic N) is 2. The third kappa shape index (κ3) is 2.99.